The summed E-state index contributed by atoms with van der Waals surface area (Å²) in [6, 6.07) is 7.26. The largest absolute Gasteiger partial charge is 0.478 e. The van der Waals surface area contributed by atoms with Gasteiger partial charge in [0.2, 0.25) is 0 Å². The fraction of sp³-hybridized carbons (Fsp3) is 0.250. The van der Waals surface area contributed by atoms with Gasteiger partial charge in [-0.1, -0.05) is 43.6 Å². The average Bonchev–Trinajstić information content (AvgIpc) is 2.15. The Labute approximate surface area is 94.2 Å². The van der Waals surface area contributed by atoms with Crippen molar-refractivity contribution in [3.8, 4) is 0 Å². The van der Waals surface area contributed by atoms with E-state index in [1.165, 1.54) is 6.08 Å². The van der Waals surface area contributed by atoms with Gasteiger partial charge < -0.3 is 5.11 Å². The van der Waals surface area contributed by atoms with E-state index in [0.717, 1.165) is 11.1 Å². The van der Waals surface area contributed by atoms with E-state index in [2.05, 4.69) is 0 Å². The molecule has 2 nitrogen and oxygen atoms in total. The van der Waals surface area contributed by atoms with Gasteiger partial charge in [-0.05, 0) is 23.1 Å². The first kappa shape index (κ1) is 11.8. The maximum atomic E-state index is 10.7. The molecule has 0 unspecified atom stereocenters. The molecule has 1 aromatic rings. The van der Waals surface area contributed by atoms with Crippen LogP contribution in [0.2, 0.25) is 5.02 Å². The van der Waals surface area contributed by atoms with Crippen molar-refractivity contribution in [3.63, 3.8) is 0 Å². The molecule has 80 valence electrons. The zero-order chi connectivity index (χ0) is 11.4. The van der Waals surface area contributed by atoms with Crippen molar-refractivity contribution < 1.29 is 9.90 Å². The second-order valence-electron chi connectivity index (χ2n) is 3.57. The molecule has 0 aliphatic rings. The van der Waals surface area contributed by atoms with Crippen LogP contribution in [0.15, 0.2) is 30.3 Å². The van der Waals surface area contributed by atoms with E-state index < -0.39 is 5.97 Å². The first-order valence-electron chi connectivity index (χ1n) is 4.71. The van der Waals surface area contributed by atoms with Gasteiger partial charge in [-0.3, -0.25) is 0 Å². The van der Waals surface area contributed by atoms with Crippen LogP contribution in [0.4, 0.5) is 0 Å². The number of aliphatic carboxylic acids is 1. The maximum Gasteiger partial charge on any atom is 0.328 e. The van der Waals surface area contributed by atoms with Crippen molar-refractivity contribution in [1.82, 2.24) is 0 Å². The highest BCUT2D eigenvalue weighted by Gasteiger charge is 2.11. The molecule has 0 aliphatic heterocycles. The third kappa shape index (κ3) is 3.10. The predicted octanol–water partition coefficient (Wildman–Crippen LogP) is 3.46. The Hall–Kier alpha value is -1.28. The normalized spacial score (nSPS) is 11.9. The van der Waals surface area contributed by atoms with Gasteiger partial charge in [0.05, 0.1) is 0 Å². The van der Waals surface area contributed by atoms with Gasteiger partial charge in [-0.2, -0.15) is 0 Å². The van der Waals surface area contributed by atoms with Crippen molar-refractivity contribution in [2.75, 3.05) is 0 Å². The van der Waals surface area contributed by atoms with Crippen molar-refractivity contribution in [2.45, 2.75) is 13.8 Å². The third-order valence-electron chi connectivity index (χ3n) is 2.09. The van der Waals surface area contributed by atoms with Crippen LogP contribution in [0.5, 0.6) is 0 Å². The van der Waals surface area contributed by atoms with E-state index in [0.29, 0.717) is 5.02 Å². The van der Waals surface area contributed by atoms with Gasteiger partial charge in [0.15, 0.2) is 0 Å². The molecular formula is C12H13ClO2. The van der Waals surface area contributed by atoms with Crippen LogP contribution < -0.4 is 0 Å². The highest BCUT2D eigenvalue weighted by Crippen LogP contribution is 2.28. The van der Waals surface area contributed by atoms with E-state index in [4.69, 9.17) is 16.7 Å². The molecular weight excluding hydrogens is 212 g/mol. The highest BCUT2D eigenvalue weighted by atomic mass is 35.5. The van der Waals surface area contributed by atoms with Gasteiger partial charge >= 0.3 is 5.97 Å². The minimum Gasteiger partial charge on any atom is -0.478 e. The fourth-order valence-electron chi connectivity index (χ4n) is 1.38. The number of hydrogen-bond donors (Lipinski definition) is 1. The predicted molar refractivity (Wildman–Crippen MR) is 61.9 cm³/mol. The molecule has 0 saturated carbocycles. The maximum absolute atomic E-state index is 10.7. The van der Waals surface area contributed by atoms with Gasteiger partial charge in [0.1, 0.15) is 0 Å². The lowest BCUT2D eigenvalue weighted by atomic mass is 9.95. The molecule has 3 heteroatoms. The Morgan fingerprint density at radius 3 is 2.47 bits per heavy atom. The van der Waals surface area contributed by atoms with E-state index in [-0.39, 0.29) is 5.92 Å². The molecule has 1 aromatic carbocycles. The molecule has 0 spiro atoms. The number of benzene rings is 1. The van der Waals surface area contributed by atoms with Crippen molar-refractivity contribution >= 4 is 23.1 Å². The standard InChI is InChI=1S/C12H13ClO2/c1-8(2)10(7-12(14)15)9-5-3-4-6-11(9)13/h3-8H,1-2H3,(H,14,15)/b10-7+. The summed E-state index contributed by atoms with van der Waals surface area (Å²) >= 11 is 6.01. The lowest BCUT2D eigenvalue weighted by Gasteiger charge is -2.12. The highest BCUT2D eigenvalue weighted by molar-refractivity contribution is 6.32. The van der Waals surface area contributed by atoms with Crippen molar-refractivity contribution in [3.05, 3.63) is 40.9 Å². The summed E-state index contributed by atoms with van der Waals surface area (Å²) in [5.41, 5.74) is 1.53. The Bertz CT molecular complexity index is 394. The zero-order valence-corrected chi connectivity index (χ0v) is 9.45. The van der Waals surface area contributed by atoms with E-state index in [1.807, 2.05) is 32.0 Å². The van der Waals surface area contributed by atoms with Crippen molar-refractivity contribution in [1.29, 1.82) is 0 Å². The number of halogens is 1. The lowest BCUT2D eigenvalue weighted by Crippen LogP contribution is -1.99. The summed E-state index contributed by atoms with van der Waals surface area (Å²) in [5.74, 6) is -0.820. The van der Waals surface area contributed by atoms with Crippen LogP contribution in [-0.2, 0) is 4.79 Å². The number of carboxylic acids is 1. The van der Waals surface area contributed by atoms with Crippen LogP contribution in [0.1, 0.15) is 19.4 Å². The third-order valence-corrected chi connectivity index (χ3v) is 2.42. The molecule has 15 heavy (non-hydrogen) atoms. The summed E-state index contributed by atoms with van der Waals surface area (Å²) in [6.07, 6.45) is 1.21. The molecule has 1 rings (SSSR count). The number of hydrogen-bond acceptors (Lipinski definition) is 1. The molecule has 0 fully saturated rings. The number of carboxylic acid groups (broad SMARTS) is 1. The van der Waals surface area contributed by atoms with Gasteiger partial charge in [0, 0.05) is 11.1 Å². The fourth-order valence-corrected chi connectivity index (χ4v) is 1.63. The minimum absolute atomic E-state index is 0.126. The summed E-state index contributed by atoms with van der Waals surface area (Å²) < 4.78 is 0. The van der Waals surface area contributed by atoms with Crippen molar-refractivity contribution in [2.24, 2.45) is 5.92 Å². The molecule has 0 bridgehead atoms. The SMILES string of the molecule is CC(C)/C(=C\C(=O)O)c1ccccc1Cl. The summed E-state index contributed by atoms with van der Waals surface area (Å²) in [7, 11) is 0. The Balaban J connectivity index is 3.22. The molecule has 1 N–H and O–H groups in total. The molecule has 0 atom stereocenters. The Kier molecular flexibility index (Phi) is 3.92. The summed E-state index contributed by atoms with van der Waals surface area (Å²) in [6.45, 7) is 3.89. The molecule has 0 aromatic heterocycles. The van der Waals surface area contributed by atoms with E-state index in [9.17, 15) is 4.79 Å². The molecule has 0 amide bonds. The monoisotopic (exact) mass is 224 g/mol. The quantitative estimate of drug-likeness (QED) is 0.799. The Morgan fingerprint density at radius 1 is 1.40 bits per heavy atom. The number of carbonyl (C=O) groups is 1. The van der Waals surface area contributed by atoms with Gasteiger partial charge in [-0.25, -0.2) is 4.79 Å². The van der Waals surface area contributed by atoms with Crippen LogP contribution in [0.25, 0.3) is 5.57 Å². The van der Waals surface area contributed by atoms with E-state index in [1.54, 1.807) is 6.07 Å². The van der Waals surface area contributed by atoms with Crippen LogP contribution in [-0.4, -0.2) is 11.1 Å². The van der Waals surface area contributed by atoms with E-state index >= 15 is 0 Å². The topological polar surface area (TPSA) is 37.3 Å². The smallest absolute Gasteiger partial charge is 0.328 e. The Morgan fingerprint density at radius 2 is 2.00 bits per heavy atom. The second-order valence-corrected chi connectivity index (χ2v) is 3.98. The van der Waals surface area contributed by atoms with Crippen LogP contribution in [0.3, 0.4) is 0 Å². The van der Waals surface area contributed by atoms with Crippen LogP contribution >= 0.6 is 11.6 Å². The minimum atomic E-state index is -0.946. The lowest BCUT2D eigenvalue weighted by molar-refractivity contribution is -0.131. The molecule has 0 saturated heterocycles. The first-order valence-corrected chi connectivity index (χ1v) is 5.09. The van der Waals surface area contributed by atoms with Gasteiger partial charge in [-0.15, -0.1) is 0 Å². The average molecular weight is 225 g/mol. The molecule has 0 heterocycles. The first-order chi connectivity index (χ1) is 7.02. The second kappa shape index (κ2) is 4.99. The molecule has 0 aliphatic carbocycles. The summed E-state index contributed by atoms with van der Waals surface area (Å²) in [4.78, 5) is 10.7. The number of allylic oxidation sites excluding steroid dienone is 1. The molecule has 0 radical (unpaired) electrons. The summed E-state index contributed by atoms with van der Waals surface area (Å²) in [5, 5.41) is 9.35. The zero-order valence-electron chi connectivity index (χ0n) is 8.70. The number of rotatable bonds is 3. The van der Waals surface area contributed by atoms with Gasteiger partial charge in [0.25, 0.3) is 0 Å². The van der Waals surface area contributed by atoms with Crippen LogP contribution in [0, 0.1) is 5.92 Å².